The third-order valence-electron chi connectivity index (χ3n) is 1.50. The minimum atomic E-state index is -0.162. The van der Waals surface area contributed by atoms with E-state index in [0.29, 0.717) is 16.2 Å². The molecule has 0 aliphatic carbocycles. The van der Waals surface area contributed by atoms with Gasteiger partial charge in [-0.25, -0.2) is 4.39 Å². The summed E-state index contributed by atoms with van der Waals surface area (Å²) in [4.78, 5) is 0. The van der Waals surface area contributed by atoms with Crippen molar-refractivity contribution in [2.45, 2.75) is 10.7 Å². The van der Waals surface area contributed by atoms with Crippen LogP contribution in [0, 0.1) is 5.82 Å². The van der Waals surface area contributed by atoms with Crippen LogP contribution in [0.25, 0.3) is 0 Å². The average Bonchev–Trinajstić information content (AvgIpc) is 2.08. The lowest BCUT2D eigenvalue weighted by atomic mass is 10.2. The number of hydrogen-bond donors (Lipinski definition) is 0. The molecule has 0 aliphatic rings. The van der Waals surface area contributed by atoms with E-state index in [1.165, 1.54) is 6.07 Å². The monoisotopic (exact) mass is 358 g/mol. The van der Waals surface area contributed by atoms with Crippen molar-refractivity contribution in [1.82, 2.24) is 0 Å². The molecule has 1 aromatic carbocycles. The van der Waals surface area contributed by atoms with Gasteiger partial charge in [0.15, 0.2) is 0 Å². The number of hydrogen-bond acceptors (Lipinski definition) is 0. The van der Waals surface area contributed by atoms with Gasteiger partial charge in [-0.15, -0.1) is 0 Å². The molecule has 0 spiro atoms. The van der Waals surface area contributed by atoms with Crippen molar-refractivity contribution in [1.29, 1.82) is 0 Å². The average molecular weight is 361 g/mol. The minimum Gasteiger partial charge on any atom is -0.207 e. The van der Waals surface area contributed by atoms with E-state index < -0.39 is 0 Å². The summed E-state index contributed by atoms with van der Waals surface area (Å²) < 4.78 is 14.1. The van der Waals surface area contributed by atoms with E-state index in [4.69, 9.17) is 0 Å². The highest BCUT2D eigenvalue weighted by atomic mass is 79.9. The van der Waals surface area contributed by atoms with Crippen LogP contribution in [0.3, 0.4) is 0 Å². The second-order valence-electron chi connectivity index (χ2n) is 2.30. The van der Waals surface area contributed by atoms with Crippen molar-refractivity contribution in [3.8, 4) is 0 Å². The molecule has 66 valence electrons. The molecule has 0 N–H and O–H groups in total. The number of halogens is 4. The van der Waals surface area contributed by atoms with E-state index in [-0.39, 0.29) is 5.82 Å². The molecule has 0 saturated carbocycles. The maximum absolute atomic E-state index is 13.1. The first-order chi connectivity index (χ1) is 5.69. The summed E-state index contributed by atoms with van der Waals surface area (Å²) in [5.74, 6) is -0.162. The van der Waals surface area contributed by atoms with E-state index in [1.54, 1.807) is 6.07 Å². The topological polar surface area (TPSA) is 0 Å². The third kappa shape index (κ3) is 2.30. The first-order valence-corrected chi connectivity index (χ1v) is 6.31. The van der Waals surface area contributed by atoms with Crippen LogP contribution in [-0.4, -0.2) is 0 Å². The molecule has 12 heavy (non-hydrogen) atoms. The minimum absolute atomic E-state index is 0.162. The molecule has 1 aromatic rings. The van der Waals surface area contributed by atoms with Gasteiger partial charge in [-0.3, -0.25) is 0 Å². The lowest BCUT2D eigenvalue weighted by Gasteiger charge is -2.04. The van der Waals surface area contributed by atoms with Gasteiger partial charge in [0, 0.05) is 15.1 Å². The molecule has 0 bridgehead atoms. The van der Waals surface area contributed by atoms with Gasteiger partial charge in [0.2, 0.25) is 0 Å². The molecule has 0 fully saturated rings. The molecule has 1 rings (SSSR count). The molecular weight excluding hydrogens is 355 g/mol. The van der Waals surface area contributed by atoms with Gasteiger partial charge in [0.05, 0.1) is 0 Å². The van der Waals surface area contributed by atoms with Crippen molar-refractivity contribution in [2.24, 2.45) is 0 Å². The van der Waals surface area contributed by atoms with Crippen LogP contribution in [0.5, 0.6) is 0 Å². The Morgan fingerprint density at radius 3 is 2.17 bits per heavy atom. The van der Waals surface area contributed by atoms with Gasteiger partial charge >= 0.3 is 0 Å². The molecule has 0 heterocycles. The zero-order valence-electron chi connectivity index (χ0n) is 6.08. The van der Waals surface area contributed by atoms with Crippen LogP contribution in [0.2, 0.25) is 0 Å². The Balaban J connectivity index is 3.16. The molecule has 0 aromatic heterocycles. The van der Waals surface area contributed by atoms with Crippen molar-refractivity contribution in [3.63, 3.8) is 0 Å². The summed E-state index contributed by atoms with van der Waals surface area (Å²) in [5.41, 5.74) is 1.60. The van der Waals surface area contributed by atoms with Crippen LogP contribution in [-0.2, 0) is 10.7 Å². The Bertz CT molecular complexity index is 256. The van der Waals surface area contributed by atoms with E-state index in [1.807, 2.05) is 0 Å². The van der Waals surface area contributed by atoms with Crippen molar-refractivity contribution in [3.05, 3.63) is 33.5 Å². The highest BCUT2D eigenvalue weighted by molar-refractivity contribution is 9.10. The van der Waals surface area contributed by atoms with Gasteiger partial charge < -0.3 is 0 Å². The molecule has 0 unspecified atom stereocenters. The van der Waals surface area contributed by atoms with Gasteiger partial charge in [-0.2, -0.15) is 0 Å². The molecule has 0 atom stereocenters. The van der Waals surface area contributed by atoms with E-state index in [2.05, 4.69) is 47.8 Å². The number of rotatable bonds is 2. The smallest absolute Gasteiger partial charge is 0.127 e. The first kappa shape index (κ1) is 10.7. The van der Waals surface area contributed by atoms with Crippen molar-refractivity contribution >= 4 is 47.8 Å². The second-order valence-corrected chi connectivity index (χ2v) is 4.28. The summed E-state index contributed by atoms with van der Waals surface area (Å²) >= 11 is 9.86. The maximum atomic E-state index is 13.1. The fourth-order valence-electron chi connectivity index (χ4n) is 0.834. The van der Waals surface area contributed by atoms with Gasteiger partial charge in [-0.1, -0.05) is 47.8 Å². The summed E-state index contributed by atoms with van der Waals surface area (Å²) in [7, 11) is 0. The molecule has 0 aliphatic heterocycles. The van der Waals surface area contributed by atoms with Crippen LogP contribution in [0.15, 0.2) is 16.6 Å². The highest BCUT2D eigenvalue weighted by Crippen LogP contribution is 2.24. The summed E-state index contributed by atoms with van der Waals surface area (Å²) in [6.07, 6.45) is 0. The quantitative estimate of drug-likeness (QED) is 0.687. The largest absolute Gasteiger partial charge is 0.207 e. The van der Waals surface area contributed by atoms with E-state index in [9.17, 15) is 4.39 Å². The molecule has 0 amide bonds. The Kier molecular flexibility index (Phi) is 4.20. The highest BCUT2D eigenvalue weighted by Gasteiger charge is 2.05. The van der Waals surface area contributed by atoms with Gasteiger partial charge in [-0.05, 0) is 23.3 Å². The predicted molar refractivity (Wildman–Crippen MR) is 59.4 cm³/mol. The van der Waals surface area contributed by atoms with Crippen LogP contribution in [0.4, 0.5) is 4.39 Å². The number of benzene rings is 1. The maximum Gasteiger partial charge on any atom is 0.127 e. The summed E-state index contributed by atoms with van der Waals surface area (Å²) in [5, 5.41) is 1.20. The van der Waals surface area contributed by atoms with Gasteiger partial charge in [0.1, 0.15) is 5.82 Å². The van der Waals surface area contributed by atoms with Crippen molar-refractivity contribution < 1.29 is 4.39 Å². The first-order valence-electron chi connectivity index (χ1n) is 3.27. The van der Waals surface area contributed by atoms with Crippen molar-refractivity contribution in [2.75, 3.05) is 0 Å². The van der Waals surface area contributed by atoms with Crippen LogP contribution in [0.1, 0.15) is 11.1 Å². The lowest BCUT2D eigenvalue weighted by Crippen LogP contribution is -1.90. The zero-order valence-corrected chi connectivity index (χ0v) is 10.8. The zero-order chi connectivity index (χ0) is 9.14. The number of alkyl halides is 2. The molecule has 4 heteroatoms. The predicted octanol–water partition coefficient (Wildman–Crippen LogP) is 4.38. The van der Waals surface area contributed by atoms with E-state index >= 15 is 0 Å². The van der Waals surface area contributed by atoms with E-state index in [0.717, 1.165) is 10.0 Å². The van der Waals surface area contributed by atoms with Gasteiger partial charge in [0.25, 0.3) is 0 Å². The standard InChI is InChI=1S/C8H6Br3F/c9-3-5-2-8(12)6(4-10)1-7(5)11/h1-2H,3-4H2. The lowest BCUT2D eigenvalue weighted by molar-refractivity contribution is 0.616. The second kappa shape index (κ2) is 4.72. The summed E-state index contributed by atoms with van der Waals surface area (Å²) in [6, 6.07) is 3.33. The molecule has 0 nitrogen and oxygen atoms in total. The Morgan fingerprint density at radius 2 is 1.67 bits per heavy atom. The molecule has 0 radical (unpaired) electrons. The fraction of sp³-hybridized carbons (Fsp3) is 0.250. The SMILES string of the molecule is Fc1cc(CBr)c(Br)cc1CBr. The normalized spacial score (nSPS) is 10.3. The van der Waals surface area contributed by atoms with Crippen LogP contribution < -0.4 is 0 Å². The molecular formula is C8H6Br3F. The third-order valence-corrected chi connectivity index (χ3v) is 3.45. The molecule has 0 saturated heterocycles. The summed E-state index contributed by atoms with van der Waals surface area (Å²) in [6.45, 7) is 0. The Morgan fingerprint density at radius 1 is 1.08 bits per heavy atom. The van der Waals surface area contributed by atoms with Crippen LogP contribution >= 0.6 is 47.8 Å². The fourth-order valence-corrected chi connectivity index (χ4v) is 2.63. The Hall–Kier alpha value is 0.590. The Labute approximate surface area is 95.9 Å².